The van der Waals surface area contributed by atoms with Gasteiger partial charge in [-0.2, -0.15) is 10.1 Å². The number of nitrogens with one attached hydrogen (secondary N) is 3. The second-order valence-electron chi connectivity index (χ2n) is 6.19. The first kappa shape index (κ1) is 17.6. The van der Waals surface area contributed by atoms with Crippen molar-refractivity contribution in [3.63, 3.8) is 0 Å². The van der Waals surface area contributed by atoms with Crippen LogP contribution in [0.1, 0.15) is 24.5 Å². The molecule has 0 amide bonds. The van der Waals surface area contributed by atoms with E-state index in [-0.39, 0.29) is 0 Å². The van der Waals surface area contributed by atoms with E-state index in [1.165, 1.54) is 12.8 Å². The predicted molar refractivity (Wildman–Crippen MR) is 106 cm³/mol. The molecule has 0 aliphatic heterocycles. The van der Waals surface area contributed by atoms with Crippen molar-refractivity contribution in [2.24, 2.45) is 0 Å². The van der Waals surface area contributed by atoms with E-state index in [1.807, 2.05) is 24.3 Å². The minimum absolute atomic E-state index is 0.421. The first-order valence-electron chi connectivity index (χ1n) is 8.50. The van der Waals surface area contributed by atoms with Gasteiger partial charge in [-0.05, 0) is 40.9 Å². The Morgan fingerprint density at radius 2 is 2.00 bits per heavy atom. The van der Waals surface area contributed by atoms with Crippen molar-refractivity contribution in [2.45, 2.75) is 18.8 Å². The molecular formula is C18H19BrN6O2. The zero-order valence-corrected chi connectivity index (χ0v) is 16.5. The van der Waals surface area contributed by atoms with E-state index >= 15 is 0 Å². The lowest BCUT2D eigenvalue weighted by atomic mass is 10.2. The summed E-state index contributed by atoms with van der Waals surface area (Å²) >= 11 is 3.47. The molecule has 8 nitrogen and oxygen atoms in total. The summed E-state index contributed by atoms with van der Waals surface area (Å²) in [6, 6.07) is 7.49. The summed E-state index contributed by atoms with van der Waals surface area (Å²) in [6.07, 6.45) is 4.11. The molecule has 1 aromatic carbocycles. The minimum atomic E-state index is 0.421. The number of halogens is 1. The molecule has 0 bridgehead atoms. The number of aromatic amines is 1. The van der Waals surface area contributed by atoms with Crippen LogP contribution in [0.2, 0.25) is 0 Å². The number of H-pyrrole nitrogens is 1. The number of hydrogen-bond acceptors (Lipinski definition) is 7. The van der Waals surface area contributed by atoms with Crippen molar-refractivity contribution in [1.29, 1.82) is 0 Å². The lowest BCUT2D eigenvalue weighted by Gasteiger charge is -2.12. The van der Waals surface area contributed by atoms with Gasteiger partial charge < -0.3 is 20.1 Å². The Morgan fingerprint density at radius 3 is 2.74 bits per heavy atom. The maximum Gasteiger partial charge on any atom is 0.229 e. The zero-order chi connectivity index (χ0) is 18.8. The SMILES string of the molecule is COc1ccc(OC)c(Nc2ncc(Br)c(Nc3cc(C4CC4)[nH]n3)n2)c1. The monoisotopic (exact) mass is 430 g/mol. The van der Waals surface area contributed by atoms with Crippen molar-refractivity contribution in [1.82, 2.24) is 20.2 Å². The van der Waals surface area contributed by atoms with Gasteiger partial charge in [0.1, 0.15) is 11.5 Å². The van der Waals surface area contributed by atoms with E-state index in [1.54, 1.807) is 20.4 Å². The van der Waals surface area contributed by atoms with Crippen LogP contribution in [0.15, 0.2) is 34.9 Å². The Kier molecular flexibility index (Phi) is 4.85. The fourth-order valence-corrected chi connectivity index (χ4v) is 2.96. The topological polar surface area (TPSA) is 97.0 Å². The Balaban J connectivity index is 1.56. The maximum absolute atomic E-state index is 5.39. The van der Waals surface area contributed by atoms with Gasteiger partial charge in [0, 0.05) is 29.9 Å². The number of aromatic nitrogens is 4. The summed E-state index contributed by atoms with van der Waals surface area (Å²) in [7, 11) is 3.22. The van der Waals surface area contributed by atoms with E-state index in [0.29, 0.717) is 34.9 Å². The number of rotatable bonds is 7. The summed E-state index contributed by atoms with van der Waals surface area (Å²) in [4.78, 5) is 8.85. The van der Waals surface area contributed by atoms with E-state index in [0.717, 1.165) is 16.0 Å². The minimum Gasteiger partial charge on any atom is -0.497 e. The molecule has 1 fully saturated rings. The maximum atomic E-state index is 5.39. The van der Waals surface area contributed by atoms with Crippen LogP contribution in [0.4, 0.5) is 23.3 Å². The van der Waals surface area contributed by atoms with Gasteiger partial charge in [-0.15, -0.1) is 0 Å². The molecule has 0 radical (unpaired) electrons. The van der Waals surface area contributed by atoms with Gasteiger partial charge in [-0.3, -0.25) is 5.10 Å². The normalized spacial score (nSPS) is 13.3. The van der Waals surface area contributed by atoms with Crippen LogP contribution in [0.5, 0.6) is 11.5 Å². The number of methoxy groups -OCH3 is 2. The summed E-state index contributed by atoms with van der Waals surface area (Å²) in [6.45, 7) is 0. The highest BCUT2D eigenvalue weighted by molar-refractivity contribution is 9.10. The summed E-state index contributed by atoms with van der Waals surface area (Å²) < 4.78 is 11.4. The van der Waals surface area contributed by atoms with Crippen molar-refractivity contribution in [3.8, 4) is 11.5 Å². The van der Waals surface area contributed by atoms with Crippen LogP contribution in [0.25, 0.3) is 0 Å². The van der Waals surface area contributed by atoms with Gasteiger partial charge in [-0.1, -0.05) is 0 Å². The van der Waals surface area contributed by atoms with E-state index in [4.69, 9.17) is 9.47 Å². The average Bonchev–Trinajstić information content (AvgIpc) is 3.43. The second kappa shape index (κ2) is 7.43. The van der Waals surface area contributed by atoms with Crippen LogP contribution in [0, 0.1) is 0 Å². The molecule has 3 N–H and O–H groups in total. The first-order valence-corrected chi connectivity index (χ1v) is 9.29. The van der Waals surface area contributed by atoms with Gasteiger partial charge in [0.2, 0.25) is 5.95 Å². The third-order valence-corrected chi connectivity index (χ3v) is 4.84. The zero-order valence-electron chi connectivity index (χ0n) is 14.9. The molecule has 2 aromatic heterocycles. The molecule has 1 aliphatic rings. The molecule has 2 heterocycles. The Morgan fingerprint density at radius 1 is 1.15 bits per heavy atom. The molecule has 140 valence electrons. The Hall–Kier alpha value is -2.81. The van der Waals surface area contributed by atoms with Gasteiger partial charge >= 0.3 is 0 Å². The first-order chi connectivity index (χ1) is 13.2. The highest BCUT2D eigenvalue weighted by Crippen LogP contribution is 2.40. The van der Waals surface area contributed by atoms with Gasteiger partial charge in [-0.25, -0.2) is 4.98 Å². The quantitative estimate of drug-likeness (QED) is 0.512. The second-order valence-corrected chi connectivity index (χ2v) is 7.04. The van der Waals surface area contributed by atoms with Crippen molar-refractivity contribution in [2.75, 3.05) is 24.9 Å². The molecule has 0 spiro atoms. The molecule has 27 heavy (non-hydrogen) atoms. The highest BCUT2D eigenvalue weighted by atomic mass is 79.9. The fraction of sp³-hybridized carbons (Fsp3) is 0.278. The number of anilines is 4. The van der Waals surface area contributed by atoms with Crippen LogP contribution in [-0.4, -0.2) is 34.4 Å². The fourth-order valence-electron chi connectivity index (χ4n) is 2.67. The largest absolute Gasteiger partial charge is 0.497 e. The average molecular weight is 431 g/mol. The Labute approximate surface area is 164 Å². The van der Waals surface area contributed by atoms with Crippen molar-refractivity contribution < 1.29 is 9.47 Å². The molecule has 0 saturated heterocycles. The van der Waals surface area contributed by atoms with Crippen LogP contribution in [0.3, 0.4) is 0 Å². The summed E-state index contributed by atoms with van der Waals surface area (Å²) in [5, 5.41) is 13.8. The number of ether oxygens (including phenoxy) is 2. The molecule has 4 rings (SSSR count). The Bertz CT molecular complexity index is 957. The standard InChI is InChI=1S/C18H19BrN6O2/c1-26-11-5-6-15(27-2)14(7-11)21-18-20-9-12(19)17(23-18)22-16-8-13(24-25-16)10-3-4-10/h5-10H,3-4H2,1-2H3,(H3,20,21,22,23,24,25). The lowest BCUT2D eigenvalue weighted by molar-refractivity contribution is 0.405. The van der Waals surface area contributed by atoms with Gasteiger partial charge in [0.25, 0.3) is 0 Å². The third-order valence-electron chi connectivity index (χ3n) is 4.26. The predicted octanol–water partition coefficient (Wildman–Crippen LogP) is 4.34. The van der Waals surface area contributed by atoms with E-state index in [9.17, 15) is 0 Å². The van der Waals surface area contributed by atoms with Gasteiger partial charge in [0.15, 0.2) is 11.6 Å². The number of benzene rings is 1. The molecule has 3 aromatic rings. The summed E-state index contributed by atoms with van der Waals surface area (Å²) in [5.74, 6) is 3.74. The summed E-state index contributed by atoms with van der Waals surface area (Å²) in [5.41, 5.74) is 1.86. The van der Waals surface area contributed by atoms with Crippen LogP contribution < -0.4 is 20.1 Å². The molecule has 1 aliphatic carbocycles. The van der Waals surface area contributed by atoms with E-state index < -0.39 is 0 Å². The van der Waals surface area contributed by atoms with Crippen LogP contribution in [-0.2, 0) is 0 Å². The molecule has 0 atom stereocenters. The van der Waals surface area contributed by atoms with Crippen molar-refractivity contribution in [3.05, 3.63) is 40.6 Å². The van der Waals surface area contributed by atoms with Crippen LogP contribution >= 0.6 is 15.9 Å². The van der Waals surface area contributed by atoms with E-state index in [2.05, 4.69) is 46.7 Å². The molecule has 9 heteroatoms. The third kappa shape index (κ3) is 3.97. The number of nitrogens with zero attached hydrogens (tertiary/aromatic N) is 3. The highest BCUT2D eigenvalue weighted by Gasteiger charge is 2.25. The van der Waals surface area contributed by atoms with Crippen molar-refractivity contribution >= 4 is 39.2 Å². The molecule has 1 saturated carbocycles. The number of hydrogen-bond donors (Lipinski definition) is 3. The van der Waals surface area contributed by atoms with Gasteiger partial charge in [0.05, 0.1) is 24.4 Å². The molecular weight excluding hydrogens is 412 g/mol. The lowest BCUT2D eigenvalue weighted by Crippen LogP contribution is -2.03. The smallest absolute Gasteiger partial charge is 0.229 e. The molecule has 0 unspecified atom stereocenters.